The lowest BCUT2D eigenvalue weighted by atomic mass is 10.1. The molecule has 1 heterocycles. The topological polar surface area (TPSA) is 23.6 Å². The Balaban J connectivity index is 2.38. The van der Waals surface area contributed by atoms with Gasteiger partial charge in [0.2, 0.25) is 5.91 Å². The number of hydrogen-bond donors (Lipinski definition) is 0. The van der Waals surface area contributed by atoms with Crippen molar-refractivity contribution in [3.63, 3.8) is 0 Å². The molecule has 0 radical (unpaired) electrons. The van der Waals surface area contributed by atoms with Crippen LogP contribution in [0, 0.1) is 5.92 Å². The van der Waals surface area contributed by atoms with Crippen LogP contribution >= 0.6 is 11.6 Å². The quantitative estimate of drug-likeness (QED) is 0.728. The van der Waals surface area contributed by atoms with Crippen molar-refractivity contribution in [2.24, 2.45) is 5.92 Å². The van der Waals surface area contributed by atoms with Crippen molar-refractivity contribution in [3.05, 3.63) is 0 Å². The molecule has 0 aliphatic carbocycles. The van der Waals surface area contributed by atoms with Gasteiger partial charge in [0.05, 0.1) is 6.54 Å². The molecule has 7 heteroatoms. The van der Waals surface area contributed by atoms with Crippen LogP contribution in [0.4, 0.5) is 13.2 Å². The van der Waals surface area contributed by atoms with E-state index in [4.69, 9.17) is 11.6 Å². The molecule has 0 bridgehead atoms. The first kappa shape index (κ1) is 14.6. The van der Waals surface area contributed by atoms with Crippen molar-refractivity contribution in [1.29, 1.82) is 0 Å². The first-order valence-corrected chi connectivity index (χ1v) is 6.01. The highest BCUT2D eigenvalue weighted by Gasteiger charge is 2.33. The Labute approximate surface area is 103 Å². The van der Waals surface area contributed by atoms with E-state index in [1.807, 2.05) is 0 Å². The van der Waals surface area contributed by atoms with Crippen molar-refractivity contribution in [2.75, 3.05) is 38.6 Å². The summed E-state index contributed by atoms with van der Waals surface area (Å²) in [6.45, 7) is 2.03. The smallest absolute Gasteiger partial charge is 0.340 e. The zero-order valence-corrected chi connectivity index (χ0v) is 10.4. The van der Waals surface area contributed by atoms with Gasteiger partial charge in [-0.15, -0.1) is 11.6 Å². The normalized spacial score (nSPS) is 20.4. The summed E-state index contributed by atoms with van der Waals surface area (Å²) in [6.07, 6.45) is -4.17. The van der Waals surface area contributed by atoms with Crippen LogP contribution < -0.4 is 0 Å². The number of carbonyl (C=O) groups is 1. The second kappa shape index (κ2) is 5.91. The minimum absolute atomic E-state index is 0.0772. The molecule has 17 heavy (non-hydrogen) atoms. The van der Waals surface area contributed by atoms with Crippen molar-refractivity contribution >= 4 is 17.5 Å². The SMILES string of the molecule is CC(CCl)C(=O)N1CCN(CC(F)(F)F)CC1. The Hall–Kier alpha value is -0.490. The molecule has 100 valence electrons. The molecule has 0 N–H and O–H groups in total. The zero-order valence-electron chi connectivity index (χ0n) is 9.63. The molecule has 0 spiro atoms. The average Bonchev–Trinajstić information content (AvgIpc) is 2.26. The van der Waals surface area contributed by atoms with E-state index in [0.717, 1.165) is 0 Å². The molecule has 1 amide bonds. The van der Waals surface area contributed by atoms with Gasteiger partial charge in [-0.1, -0.05) is 6.92 Å². The van der Waals surface area contributed by atoms with Gasteiger partial charge in [-0.25, -0.2) is 0 Å². The summed E-state index contributed by atoms with van der Waals surface area (Å²) < 4.78 is 36.4. The summed E-state index contributed by atoms with van der Waals surface area (Å²) in [7, 11) is 0. The van der Waals surface area contributed by atoms with E-state index in [9.17, 15) is 18.0 Å². The van der Waals surface area contributed by atoms with Crippen molar-refractivity contribution < 1.29 is 18.0 Å². The van der Waals surface area contributed by atoms with Crippen LogP contribution in [0.1, 0.15) is 6.92 Å². The van der Waals surface area contributed by atoms with Crippen LogP contribution in [0.15, 0.2) is 0 Å². The highest BCUT2D eigenvalue weighted by Crippen LogP contribution is 2.18. The number of nitrogens with zero attached hydrogens (tertiary/aromatic N) is 2. The number of alkyl halides is 4. The third-order valence-corrected chi connectivity index (χ3v) is 3.20. The van der Waals surface area contributed by atoms with Crippen molar-refractivity contribution in [1.82, 2.24) is 9.80 Å². The lowest BCUT2D eigenvalue weighted by molar-refractivity contribution is -0.152. The van der Waals surface area contributed by atoms with Gasteiger partial charge in [-0.3, -0.25) is 9.69 Å². The molecule has 1 atom stereocenters. The molecule has 0 aromatic heterocycles. The Morgan fingerprint density at radius 1 is 1.29 bits per heavy atom. The lowest BCUT2D eigenvalue weighted by Gasteiger charge is -2.35. The van der Waals surface area contributed by atoms with E-state index in [-0.39, 0.29) is 30.8 Å². The molecule has 1 unspecified atom stereocenters. The van der Waals surface area contributed by atoms with Crippen LogP contribution in [0.25, 0.3) is 0 Å². The van der Waals surface area contributed by atoms with Crippen molar-refractivity contribution in [2.45, 2.75) is 13.1 Å². The van der Waals surface area contributed by atoms with Crippen LogP contribution in [0.5, 0.6) is 0 Å². The number of halogens is 4. The fourth-order valence-corrected chi connectivity index (χ4v) is 1.89. The van der Waals surface area contributed by atoms with Crippen LogP contribution in [0.3, 0.4) is 0 Å². The van der Waals surface area contributed by atoms with Gasteiger partial charge in [0.25, 0.3) is 0 Å². The number of carbonyl (C=O) groups excluding carboxylic acids is 1. The van der Waals surface area contributed by atoms with Gasteiger partial charge >= 0.3 is 6.18 Å². The second-order valence-corrected chi connectivity index (χ2v) is 4.58. The fraction of sp³-hybridized carbons (Fsp3) is 0.900. The third kappa shape index (κ3) is 4.71. The number of piperazine rings is 1. The van der Waals surface area contributed by atoms with E-state index in [1.165, 1.54) is 4.90 Å². The fourth-order valence-electron chi connectivity index (χ4n) is 1.76. The number of amides is 1. The Bertz CT molecular complexity index is 265. The number of rotatable bonds is 3. The minimum Gasteiger partial charge on any atom is -0.340 e. The van der Waals surface area contributed by atoms with Gasteiger partial charge in [0.1, 0.15) is 0 Å². The molecule has 0 saturated carbocycles. The largest absolute Gasteiger partial charge is 0.401 e. The van der Waals surface area contributed by atoms with Crippen LogP contribution in [-0.2, 0) is 4.79 Å². The summed E-state index contributed by atoms with van der Waals surface area (Å²) >= 11 is 5.58. The highest BCUT2D eigenvalue weighted by molar-refractivity contribution is 6.19. The van der Waals surface area contributed by atoms with E-state index >= 15 is 0 Å². The monoisotopic (exact) mass is 272 g/mol. The molecular weight excluding hydrogens is 257 g/mol. The van der Waals surface area contributed by atoms with Gasteiger partial charge < -0.3 is 4.90 Å². The predicted octanol–water partition coefficient (Wildman–Crippen LogP) is 1.57. The van der Waals surface area contributed by atoms with Gasteiger partial charge in [0, 0.05) is 38.0 Å². The maximum Gasteiger partial charge on any atom is 0.401 e. The molecular formula is C10H16ClF3N2O. The molecule has 0 aromatic carbocycles. The Morgan fingerprint density at radius 2 is 1.82 bits per heavy atom. The summed E-state index contributed by atoms with van der Waals surface area (Å²) in [4.78, 5) is 14.6. The lowest BCUT2D eigenvalue weighted by Crippen LogP contribution is -2.52. The van der Waals surface area contributed by atoms with Gasteiger partial charge in [0.15, 0.2) is 0 Å². The van der Waals surface area contributed by atoms with E-state index < -0.39 is 12.7 Å². The maximum absolute atomic E-state index is 12.1. The molecule has 1 rings (SSSR count). The average molecular weight is 273 g/mol. The van der Waals surface area contributed by atoms with Crippen molar-refractivity contribution in [3.8, 4) is 0 Å². The predicted molar refractivity (Wildman–Crippen MR) is 59.0 cm³/mol. The zero-order chi connectivity index (χ0) is 13.1. The van der Waals surface area contributed by atoms with Crippen LogP contribution in [0.2, 0.25) is 0 Å². The molecule has 3 nitrogen and oxygen atoms in total. The van der Waals surface area contributed by atoms with E-state index in [1.54, 1.807) is 11.8 Å². The first-order chi connectivity index (χ1) is 7.83. The maximum atomic E-state index is 12.1. The summed E-state index contributed by atoms with van der Waals surface area (Å²) in [6, 6.07) is 0. The summed E-state index contributed by atoms with van der Waals surface area (Å²) in [5, 5.41) is 0. The van der Waals surface area contributed by atoms with Gasteiger partial charge in [-0.05, 0) is 0 Å². The van der Waals surface area contributed by atoms with Crippen LogP contribution in [-0.4, -0.2) is 60.5 Å². The van der Waals surface area contributed by atoms with E-state index in [2.05, 4.69) is 0 Å². The molecule has 1 aliphatic rings. The highest BCUT2D eigenvalue weighted by atomic mass is 35.5. The molecule has 1 fully saturated rings. The first-order valence-electron chi connectivity index (χ1n) is 5.47. The second-order valence-electron chi connectivity index (χ2n) is 4.27. The number of hydrogen-bond acceptors (Lipinski definition) is 2. The summed E-state index contributed by atoms with van der Waals surface area (Å²) in [5.41, 5.74) is 0. The molecule has 1 aliphatic heterocycles. The standard InChI is InChI=1S/C10H16ClF3N2O/c1-8(6-11)9(17)16-4-2-15(3-5-16)7-10(12,13)14/h8H,2-7H2,1H3. The summed E-state index contributed by atoms with van der Waals surface area (Å²) in [5.74, 6) is -0.112. The Kier molecular flexibility index (Phi) is 5.06. The molecule has 0 aromatic rings. The van der Waals surface area contributed by atoms with Gasteiger partial charge in [-0.2, -0.15) is 13.2 Å². The minimum atomic E-state index is -4.17. The Morgan fingerprint density at radius 3 is 2.24 bits per heavy atom. The van der Waals surface area contributed by atoms with E-state index in [0.29, 0.717) is 13.1 Å². The molecule has 1 saturated heterocycles. The third-order valence-electron chi connectivity index (χ3n) is 2.74.